The Bertz CT molecular complexity index is 317. The summed E-state index contributed by atoms with van der Waals surface area (Å²) in [6, 6.07) is 0. The molecule has 0 N–H and O–H groups in total. The van der Waals surface area contributed by atoms with Crippen molar-refractivity contribution in [1.29, 1.82) is 0 Å². The molecular formula is C26H47N3Zr. The topological polar surface area (TPSA) is 42.3 Å². The minimum absolute atomic E-state index is 0. The molecule has 0 saturated heterocycles. The molecular weight excluding hydrogens is 446 g/mol. The maximum absolute atomic E-state index is 4.16. The van der Waals surface area contributed by atoms with Gasteiger partial charge in [0.2, 0.25) is 0 Å². The molecule has 0 saturated carbocycles. The van der Waals surface area contributed by atoms with Crippen LogP contribution in [0.4, 0.5) is 0 Å². The zero-order valence-corrected chi connectivity index (χ0v) is 22.6. The fraction of sp³-hybridized carbons (Fsp3) is 0.615. The molecule has 1 rings (SSSR count). The van der Waals surface area contributed by atoms with Crippen molar-refractivity contribution < 1.29 is 26.2 Å². The number of nitrogens with zero attached hydrogens (tertiary/aromatic N) is 3. The summed E-state index contributed by atoms with van der Waals surface area (Å²) in [7, 11) is 0. The van der Waals surface area contributed by atoms with Crippen molar-refractivity contribution >= 4 is 0 Å². The third-order valence-electron chi connectivity index (χ3n) is 3.43. The first-order valence-electron chi connectivity index (χ1n) is 11.2. The molecule has 4 heteroatoms. The van der Waals surface area contributed by atoms with Crippen molar-refractivity contribution in [3.8, 4) is 0 Å². The van der Waals surface area contributed by atoms with Crippen LogP contribution in [0.25, 0.3) is 16.0 Å². The zero-order chi connectivity index (χ0) is 22.3. The van der Waals surface area contributed by atoms with Gasteiger partial charge in [-0.25, -0.2) is 12.2 Å². The summed E-state index contributed by atoms with van der Waals surface area (Å²) in [4.78, 5) is 0. The second-order valence-electron chi connectivity index (χ2n) is 6.09. The molecule has 0 aromatic heterocycles. The molecule has 0 bridgehead atoms. The van der Waals surface area contributed by atoms with Crippen molar-refractivity contribution in [2.24, 2.45) is 0 Å². The number of rotatable bonds is 15. The Morgan fingerprint density at radius 1 is 0.733 bits per heavy atom. The Hall–Kier alpha value is -0.537. The normalized spacial score (nSPS) is 10.2. The van der Waals surface area contributed by atoms with Crippen LogP contribution >= 0.6 is 0 Å². The third kappa shape index (κ3) is 50.8. The van der Waals surface area contributed by atoms with E-state index in [1.807, 2.05) is 30.4 Å². The molecule has 3 nitrogen and oxygen atoms in total. The SMILES string of the molecule is C=CCCC[N-]CC.C=CCCC[N-]CC.C=CCCC[N-]CC.[C-]1=CC=CC1.[Zr+4]. The van der Waals surface area contributed by atoms with Gasteiger partial charge < -0.3 is 16.0 Å². The Kier molecular flexibility index (Phi) is 52.2. The maximum atomic E-state index is 4.16. The van der Waals surface area contributed by atoms with Crippen molar-refractivity contribution in [2.45, 2.75) is 65.7 Å². The standard InChI is InChI=1S/3C7H14N.C5H5.Zr/c3*1-3-5-6-7-8-4-2;1-2-4-5-3-1;/h3*3H,1,4-7H2,2H3;1-3H,4H2;/q4*-1;+4. The van der Waals surface area contributed by atoms with Gasteiger partial charge in [-0.15, -0.1) is 45.8 Å². The summed E-state index contributed by atoms with van der Waals surface area (Å²) in [5.41, 5.74) is 0. The van der Waals surface area contributed by atoms with Crippen molar-refractivity contribution in [1.82, 2.24) is 0 Å². The largest absolute Gasteiger partial charge is 4.00 e. The van der Waals surface area contributed by atoms with E-state index in [1.54, 1.807) is 0 Å². The van der Waals surface area contributed by atoms with Gasteiger partial charge in [0, 0.05) is 0 Å². The first kappa shape index (κ1) is 36.8. The van der Waals surface area contributed by atoms with Crippen molar-refractivity contribution in [3.63, 3.8) is 0 Å². The molecule has 0 atom stereocenters. The summed E-state index contributed by atoms with van der Waals surface area (Å²) >= 11 is 0. The second kappa shape index (κ2) is 42.5. The van der Waals surface area contributed by atoms with Gasteiger partial charge in [0.25, 0.3) is 0 Å². The molecule has 0 aromatic carbocycles. The summed E-state index contributed by atoms with van der Waals surface area (Å²) in [5, 5.41) is 12.5. The first-order valence-corrected chi connectivity index (χ1v) is 11.2. The molecule has 0 aromatic rings. The van der Waals surface area contributed by atoms with Crippen LogP contribution in [0.2, 0.25) is 0 Å². The summed E-state index contributed by atoms with van der Waals surface area (Å²) in [5.74, 6) is 0. The van der Waals surface area contributed by atoms with Crippen LogP contribution in [0.15, 0.2) is 56.2 Å². The first-order chi connectivity index (χ1) is 14.2. The van der Waals surface area contributed by atoms with Crippen molar-refractivity contribution in [3.05, 3.63) is 78.2 Å². The minimum Gasteiger partial charge on any atom is -0.662 e. The summed E-state index contributed by atoms with van der Waals surface area (Å²) in [6.07, 6.45) is 22.6. The van der Waals surface area contributed by atoms with Gasteiger partial charge in [0.05, 0.1) is 0 Å². The van der Waals surface area contributed by atoms with Crippen LogP contribution in [-0.2, 0) is 26.2 Å². The average molecular weight is 493 g/mol. The van der Waals surface area contributed by atoms with Gasteiger partial charge >= 0.3 is 26.2 Å². The molecule has 0 aliphatic heterocycles. The number of hydrogen-bond acceptors (Lipinski definition) is 0. The third-order valence-corrected chi connectivity index (χ3v) is 3.43. The van der Waals surface area contributed by atoms with Gasteiger partial charge in [0.15, 0.2) is 0 Å². The van der Waals surface area contributed by atoms with E-state index in [2.05, 4.69) is 68.6 Å². The van der Waals surface area contributed by atoms with Gasteiger partial charge in [-0.3, -0.25) is 6.08 Å². The Balaban J connectivity index is -0.000000150. The van der Waals surface area contributed by atoms with E-state index in [0.717, 1.165) is 84.2 Å². The molecule has 1 aliphatic carbocycles. The fourth-order valence-electron chi connectivity index (χ4n) is 1.86. The monoisotopic (exact) mass is 491 g/mol. The maximum Gasteiger partial charge on any atom is 4.00 e. The number of hydrogen-bond donors (Lipinski definition) is 0. The summed E-state index contributed by atoms with van der Waals surface area (Å²) < 4.78 is 0. The molecule has 0 unspecified atom stereocenters. The van der Waals surface area contributed by atoms with Crippen LogP contribution in [-0.4, -0.2) is 39.3 Å². The van der Waals surface area contributed by atoms with E-state index in [0.29, 0.717) is 0 Å². The molecule has 30 heavy (non-hydrogen) atoms. The fourth-order valence-corrected chi connectivity index (χ4v) is 1.86. The molecule has 1 aliphatic rings. The molecule has 0 amide bonds. The number of unbranched alkanes of at least 4 members (excludes halogenated alkanes) is 3. The Labute approximate surface area is 208 Å². The second-order valence-corrected chi connectivity index (χ2v) is 6.09. The van der Waals surface area contributed by atoms with Crippen LogP contribution < -0.4 is 0 Å². The van der Waals surface area contributed by atoms with E-state index in [1.165, 1.54) is 0 Å². The van der Waals surface area contributed by atoms with Gasteiger partial charge in [-0.05, 0) is 19.3 Å². The average Bonchev–Trinajstić information content (AvgIpc) is 3.33. The van der Waals surface area contributed by atoms with Crippen LogP contribution in [0.3, 0.4) is 0 Å². The van der Waals surface area contributed by atoms with E-state index in [9.17, 15) is 0 Å². The Morgan fingerprint density at radius 2 is 1.10 bits per heavy atom. The van der Waals surface area contributed by atoms with E-state index < -0.39 is 0 Å². The van der Waals surface area contributed by atoms with E-state index in [4.69, 9.17) is 0 Å². The van der Waals surface area contributed by atoms with Crippen LogP contribution in [0.5, 0.6) is 0 Å². The van der Waals surface area contributed by atoms with Gasteiger partial charge in [0.1, 0.15) is 0 Å². The molecule has 0 radical (unpaired) electrons. The zero-order valence-electron chi connectivity index (χ0n) is 20.1. The molecule has 0 heterocycles. The van der Waals surface area contributed by atoms with Crippen LogP contribution in [0.1, 0.15) is 65.7 Å². The quantitative estimate of drug-likeness (QED) is 0.125. The minimum atomic E-state index is 0. The molecule has 170 valence electrons. The predicted octanol–water partition coefficient (Wildman–Crippen LogP) is 8.34. The molecule has 0 fully saturated rings. The van der Waals surface area contributed by atoms with Crippen molar-refractivity contribution in [2.75, 3.05) is 39.3 Å². The van der Waals surface area contributed by atoms with Crippen LogP contribution in [0, 0.1) is 6.08 Å². The van der Waals surface area contributed by atoms with E-state index >= 15 is 0 Å². The van der Waals surface area contributed by atoms with Gasteiger partial charge in [-0.1, -0.05) is 58.3 Å². The smallest absolute Gasteiger partial charge is 0.662 e. The van der Waals surface area contributed by atoms with E-state index in [-0.39, 0.29) is 26.2 Å². The summed E-state index contributed by atoms with van der Waals surface area (Å²) in [6.45, 7) is 22.9. The predicted molar refractivity (Wildman–Crippen MR) is 136 cm³/mol. The van der Waals surface area contributed by atoms with Gasteiger partial charge in [-0.2, -0.15) is 25.7 Å². The Morgan fingerprint density at radius 3 is 1.27 bits per heavy atom. The number of allylic oxidation sites excluding steroid dienone is 7. The molecule has 0 spiro atoms.